The van der Waals surface area contributed by atoms with E-state index in [4.69, 9.17) is 4.74 Å². The Kier molecular flexibility index (Phi) is 6.25. The van der Waals surface area contributed by atoms with Crippen LogP contribution in [0.15, 0.2) is 72.8 Å². The van der Waals surface area contributed by atoms with Gasteiger partial charge in [0, 0.05) is 45.5 Å². The summed E-state index contributed by atoms with van der Waals surface area (Å²) in [7, 11) is 8.27. The van der Waals surface area contributed by atoms with E-state index in [-0.39, 0.29) is 5.92 Å². The van der Waals surface area contributed by atoms with Gasteiger partial charge in [-0.25, -0.2) is 0 Å². The van der Waals surface area contributed by atoms with Gasteiger partial charge in [-0.15, -0.1) is 0 Å². The first-order chi connectivity index (χ1) is 13.5. The highest BCUT2D eigenvalue weighted by molar-refractivity contribution is 5.53. The van der Waals surface area contributed by atoms with Gasteiger partial charge in [0.15, 0.2) is 0 Å². The molecule has 0 atom stereocenters. The minimum Gasteiger partial charge on any atom is -0.494 e. The molecule has 0 radical (unpaired) electrons. The van der Waals surface area contributed by atoms with Crippen LogP contribution in [0.4, 0.5) is 11.4 Å². The summed E-state index contributed by atoms with van der Waals surface area (Å²) in [5, 5.41) is 0. The molecule has 0 aliphatic rings. The standard InChI is InChI=1S/C25H30N2O/c1-6-28-24-17-11-21(12-18-24)25(19-7-13-22(14-8-19)26(2)3)20-9-15-23(16-10-20)27(4)5/h7-18,25H,6H2,1-5H3. The van der Waals surface area contributed by atoms with Crippen LogP contribution in [0.1, 0.15) is 29.5 Å². The number of hydrogen-bond donors (Lipinski definition) is 0. The molecule has 0 aliphatic carbocycles. The molecule has 3 rings (SSSR count). The summed E-state index contributed by atoms with van der Waals surface area (Å²) in [6.45, 7) is 2.69. The summed E-state index contributed by atoms with van der Waals surface area (Å²) in [6, 6.07) is 26.2. The van der Waals surface area contributed by atoms with Crippen LogP contribution in [0.3, 0.4) is 0 Å². The molecule has 3 aromatic carbocycles. The lowest BCUT2D eigenvalue weighted by atomic mass is 9.85. The fourth-order valence-corrected chi connectivity index (χ4v) is 3.43. The van der Waals surface area contributed by atoms with E-state index in [1.807, 2.05) is 6.92 Å². The highest BCUT2D eigenvalue weighted by Gasteiger charge is 2.17. The molecule has 3 aromatic rings. The molecule has 3 nitrogen and oxygen atoms in total. The summed E-state index contributed by atoms with van der Waals surface area (Å²) >= 11 is 0. The normalized spacial score (nSPS) is 10.8. The molecule has 0 spiro atoms. The van der Waals surface area contributed by atoms with E-state index >= 15 is 0 Å². The Hall–Kier alpha value is -2.94. The van der Waals surface area contributed by atoms with E-state index in [0.717, 1.165) is 5.75 Å². The molecule has 3 heteroatoms. The quantitative estimate of drug-likeness (QED) is 0.515. The largest absolute Gasteiger partial charge is 0.494 e. The van der Waals surface area contributed by atoms with E-state index in [1.54, 1.807) is 0 Å². The van der Waals surface area contributed by atoms with E-state index in [2.05, 4.69) is 111 Å². The molecule has 0 unspecified atom stereocenters. The van der Waals surface area contributed by atoms with Crippen LogP contribution < -0.4 is 14.5 Å². The summed E-state index contributed by atoms with van der Waals surface area (Å²) in [4.78, 5) is 4.25. The zero-order valence-electron chi connectivity index (χ0n) is 17.5. The fourth-order valence-electron chi connectivity index (χ4n) is 3.43. The van der Waals surface area contributed by atoms with Gasteiger partial charge in [-0.05, 0) is 60.0 Å². The van der Waals surface area contributed by atoms with Crippen LogP contribution in [0, 0.1) is 0 Å². The SMILES string of the molecule is CCOc1ccc(C(c2ccc(N(C)C)cc2)c2ccc(N(C)C)cc2)cc1. The van der Waals surface area contributed by atoms with Crippen LogP contribution in [-0.2, 0) is 0 Å². The second-order valence-electron chi connectivity index (χ2n) is 7.41. The van der Waals surface area contributed by atoms with Gasteiger partial charge >= 0.3 is 0 Å². The van der Waals surface area contributed by atoms with Crippen molar-refractivity contribution in [2.75, 3.05) is 44.6 Å². The van der Waals surface area contributed by atoms with E-state index in [0.29, 0.717) is 6.61 Å². The van der Waals surface area contributed by atoms with Gasteiger partial charge in [-0.3, -0.25) is 0 Å². The number of benzene rings is 3. The van der Waals surface area contributed by atoms with E-state index < -0.39 is 0 Å². The molecular weight excluding hydrogens is 344 g/mol. The third kappa shape index (κ3) is 4.48. The predicted molar refractivity (Wildman–Crippen MR) is 120 cm³/mol. The van der Waals surface area contributed by atoms with Crippen molar-refractivity contribution >= 4 is 11.4 Å². The van der Waals surface area contributed by atoms with Crippen molar-refractivity contribution in [3.8, 4) is 5.75 Å². The van der Waals surface area contributed by atoms with Gasteiger partial charge in [-0.2, -0.15) is 0 Å². The molecule has 0 aromatic heterocycles. The van der Waals surface area contributed by atoms with Gasteiger partial charge < -0.3 is 14.5 Å². The Balaban J connectivity index is 2.02. The van der Waals surface area contributed by atoms with E-state index in [9.17, 15) is 0 Å². The van der Waals surface area contributed by atoms with Crippen LogP contribution in [0.25, 0.3) is 0 Å². The van der Waals surface area contributed by atoms with Crippen molar-refractivity contribution in [1.29, 1.82) is 0 Å². The number of nitrogens with zero attached hydrogens (tertiary/aromatic N) is 2. The molecular formula is C25H30N2O. The molecule has 0 amide bonds. The average Bonchev–Trinajstić information content (AvgIpc) is 2.70. The maximum Gasteiger partial charge on any atom is 0.119 e. The lowest BCUT2D eigenvalue weighted by molar-refractivity contribution is 0.340. The van der Waals surface area contributed by atoms with Crippen molar-refractivity contribution in [1.82, 2.24) is 0 Å². The van der Waals surface area contributed by atoms with Crippen molar-refractivity contribution in [3.05, 3.63) is 89.5 Å². The highest BCUT2D eigenvalue weighted by atomic mass is 16.5. The Morgan fingerprint density at radius 3 is 1.29 bits per heavy atom. The Labute approximate surface area is 169 Å². The van der Waals surface area contributed by atoms with Gasteiger partial charge in [0.2, 0.25) is 0 Å². The topological polar surface area (TPSA) is 15.7 Å². The summed E-state index contributed by atoms with van der Waals surface area (Å²) in [5.74, 6) is 1.10. The lowest BCUT2D eigenvalue weighted by Gasteiger charge is -2.22. The highest BCUT2D eigenvalue weighted by Crippen LogP contribution is 2.34. The maximum absolute atomic E-state index is 5.63. The molecule has 0 aliphatic heterocycles. The van der Waals surface area contributed by atoms with Gasteiger partial charge in [0.1, 0.15) is 5.75 Å². The van der Waals surface area contributed by atoms with Gasteiger partial charge in [0.05, 0.1) is 6.61 Å². The minimum absolute atomic E-state index is 0.183. The van der Waals surface area contributed by atoms with Crippen molar-refractivity contribution < 1.29 is 4.74 Å². The molecule has 146 valence electrons. The number of rotatable bonds is 7. The van der Waals surface area contributed by atoms with Crippen LogP contribution in [0.5, 0.6) is 5.75 Å². The average molecular weight is 375 g/mol. The predicted octanol–water partition coefficient (Wildman–Crippen LogP) is 5.40. The summed E-state index contributed by atoms with van der Waals surface area (Å²) in [5.41, 5.74) is 6.24. The first-order valence-corrected chi connectivity index (χ1v) is 9.77. The van der Waals surface area contributed by atoms with Crippen molar-refractivity contribution in [3.63, 3.8) is 0 Å². The second kappa shape index (κ2) is 8.83. The molecule has 0 heterocycles. The van der Waals surface area contributed by atoms with Crippen LogP contribution in [-0.4, -0.2) is 34.8 Å². The minimum atomic E-state index is 0.183. The Morgan fingerprint density at radius 2 is 0.964 bits per heavy atom. The van der Waals surface area contributed by atoms with Gasteiger partial charge in [-0.1, -0.05) is 36.4 Å². The maximum atomic E-state index is 5.63. The fraction of sp³-hybridized carbons (Fsp3) is 0.280. The van der Waals surface area contributed by atoms with Gasteiger partial charge in [0.25, 0.3) is 0 Å². The molecule has 28 heavy (non-hydrogen) atoms. The Morgan fingerprint density at radius 1 is 0.607 bits per heavy atom. The monoisotopic (exact) mass is 374 g/mol. The first-order valence-electron chi connectivity index (χ1n) is 9.77. The summed E-state index contributed by atoms with van der Waals surface area (Å²) < 4.78 is 5.63. The number of hydrogen-bond acceptors (Lipinski definition) is 3. The third-order valence-electron chi connectivity index (χ3n) is 5.01. The molecule has 0 saturated heterocycles. The van der Waals surface area contributed by atoms with Crippen LogP contribution in [0.2, 0.25) is 0 Å². The smallest absolute Gasteiger partial charge is 0.119 e. The van der Waals surface area contributed by atoms with E-state index in [1.165, 1.54) is 28.1 Å². The summed E-state index contributed by atoms with van der Waals surface area (Å²) in [6.07, 6.45) is 0. The lowest BCUT2D eigenvalue weighted by Crippen LogP contribution is -2.10. The Bertz CT molecular complexity index is 814. The molecule has 0 fully saturated rings. The number of ether oxygens (including phenoxy) is 1. The van der Waals surface area contributed by atoms with Crippen molar-refractivity contribution in [2.45, 2.75) is 12.8 Å². The van der Waals surface area contributed by atoms with Crippen molar-refractivity contribution in [2.24, 2.45) is 0 Å². The number of anilines is 2. The second-order valence-corrected chi connectivity index (χ2v) is 7.41. The molecule has 0 N–H and O–H groups in total. The first kappa shape index (κ1) is 19.8. The van der Waals surface area contributed by atoms with Crippen LogP contribution >= 0.6 is 0 Å². The third-order valence-corrected chi connectivity index (χ3v) is 5.01. The zero-order chi connectivity index (χ0) is 20.1. The molecule has 0 saturated carbocycles. The zero-order valence-corrected chi connectivity index (χ0v) is 17.5. The molecule has 0 bridgehead atoms.